The van der Waals surface area contributed by atoms with E-state index in [4.69, 9.17) is 22.2 Å². The van der Waals surface area contributed by atoms with Crippen molar-refractivity contribution in [3.8, 4) is 45.6 Å². The summed E-state index contributed by atoms with van der Waals surface area (Å²) in [6.45, 7) is 7.26. The smallest absolute Gasteiger partial charge is 0.133 e. The van der Waals surface area contributed by atoms with Crippen molar-refractivity contribution in [3.63, 3.8) is 0 Å². The van der Waals surface area contributed by atoms with Crippen LogP contribution >= 0.6 is 0 Å². The molecule has 0 saturated heterocycles. The summed E-state index contributed by atoms with van der Waals surface area (Å²) in [5, 5.41) is 3.58. The van der Waals surface area contributed by atoms with Gasteiger partial charge in [-0.25, -0.2) is 4.99 Å². The third kappa shape index (κ3) is 9.87. The van der Waals surface area contributed by atoms with E-state index in [9.17, 15) is 0 Å². The first-order valence-electron chi connectivity index (χ1n) is 17.8. The van der Waals surface area contributed by atoms with Gasteiger partial charge in [-0.15, -0.1) is 5.54 Å². The van der Waals surface area contributed by atoms with Crippen molar-refractivity contribution < 1.29 is 0 Å². The van der Waals surface area contributed by atoms with Gasteiger partial charge in [0.25, 0.3) is 0 Å². The molecule has 0 spiro atoms. The minimum absolute atomic E-state index is 0.509. The van der Waals surface area contributed by atoms with Crippen LogP contribution in [0.1, 0.15) is 51.3 Å². The Hall–Kier alpha value is -5.99. The number of amidine groups is 1. The number of hydrogen-bond donors (Lipinski definition) is 4. The van der Waals surface area contributed by atoms with Gasteiger partial charge < -0.3 is 22.5 Å². The van der Waals surface area contributed by atoms with Crippen molar-refractivity contribution >= 4 is 13.9 Å². The van der Waals surface area contributed by atoms with Crippen molar-refractivity contribution in [2.75, 3.05) is 0 Å². The van der Waals surface area contributed by atoms with Gasteiger partial charge in [0.15, 0.2) is 0 Å². The summed E-state index contributed by atoms with van der Waals surface area (Å²) < 4.78 is 0. The predicted molar refractivity (Wildman–Crippen MR) is 224 cm³/mol. The highest BCUT2D eigenvalue weighted by Crippen LogP contribution is 2.34. The average molecular weight is 708 g/mol. The Kier molecular flexibility index (Phi) is 11.8. The van der Waals surface area contributed by atoms with E-state index in [-0.39, 0.29) is 0 Å². The summed E-state index contributed by atoms with van der Waals surface area (Å²) in [6, 6.07) is 50.9. The molecule has 0 saturated carbocycles. The van der Waals surface area contributed by atoms with E-state index in [1.54, 1.807) is 0 Å². The molecule has 6 aromatic carbocycles. The van der Waals surface area contributed by atoms with Crippen molar-refractivity contribution in [1.82, 2.24) is 5.32 Å². The Morgan fingerprint density at radius 1 is 0.585 bits per heavy atom. The standard InChI is InChI=1S/C47H45N5Si/c1-53(2,3)32-31-36-25-29-39(30-26-36)43-16-10-15-42(38-27-23-35(24-28-38)18-17-34-19-21-37(33-48)22-20-34)44(43)47(51-45(49)40-11-6-4-7-12-40)52-46(50)41-13-8-5-9-14-41/h4-16,19-30,45-46H,33,48-50H2,1-3H3,(H,51,52)/t45-,46-/m1/s1. The molecule has 0 radical (unpaired) electrons. The molecule has 7 N–H and O–H groups in total. The molecule has 0 aliphatic carbocycles. The van der Waals surface area contributed by atoms with E-state index in [0.717, 1.165) is 61.2 Å². The zero-order valence-electron chi connectivity index (χ0n) is 30.5. The number of rotatable bonds is 8. The summed E-state index contributed by atoms with van der Waals surface area (Å²) >= 11 is 0. The van der Waals surface area contributed by atoms with E-state index >= 15 is 0 Å². The minimum atomic E-state index is -1.53. The highest BCUT2D eigenvalue weighted by Gasteiger charge is 2.21. The Morgan fingerprint density at radius 3 is 1.55 bits per heavy atom. The molecule has 5 nitrogen and oxygen atoms in total. The molecule has 262 valence electrons. The predicted octanol–water partition coefficient (Wildman–Crippen LogP) is 8.76. The van der Waals surface area contributed by atoms with Crippen LogP contribution in [0.3, 0.4) is 0 Å². The van der Waals surface area contributed by atoms with Crippen LogP contribution in [0.4, 0.5) is 0 Å². The van der Waals surface area contributed by atoms with Gasteiger partial charge in [0.2, 0.25) is 0 Å². The van der Waals surface area contributed by atoms with Gasteiger partial charge in [0, 0.05) is 28.8 Å². The van der Waals surface area contributed by atoms with Crippen LogP contribution < -0.4 is 22.5 Å². The number of nitrogens with one attached hydrogen (secondary N) is 1. The SMILES string of the molecule is C[Si](C)(C)C#Cc1ccc(-c2cccc(-c3ccc(C#Cc4ccc(CN)cc4)cc3)c2/C(=N/[C@@H](N)c2ccccc2)N[C@@H](N)c2ccccc2)cc1. The fourth-order valence-corrected chi connectivity index (χ4v) is 6.33. The molecule has 0 amide bonds. The number of aliphatic imine (C=N–C) groups is 1. The van der Waals surface area contributed by atoms with Crippen LogP contribution in [0.2, 0.25) is 19.6 Å². The summed E-state index contributed by atoms with van der Waals surface area (Å²) in [4.78, 5) is 5.18. The van der Waals surface area contributed by atoms with E-state index in [1.807, 2.05) is 84.9 Å². The Labute approximate surface area is 315 Å². The number of nitrogens with two attached hydrogens (primary N) is 3. The summed E-state index contributed by atoms with van der Waals surface area (Å²) in [5.41, 5.74) is 33.6. The molecular formula is C47H45N5Si. The van der Waals surface area contributed by atoms with Gasteiger partial charge in [0.1, 0.15) is 26.2 Å². The van der Waals surface area contributed by atoms with Crippen LogP contribution in [-0.2, 0) is 6.54 Å². The number of hydrogen-bond acceptors (Lipinski definition) is 4. The fraction of sp³-hybridized carbons (Fsp3) is 0.128. The first kappa shape index (κ1) is 36.8. The van der Waals surface area contributed by atoms with Gasteiger partial charge >= 0.3 is 0 Å². The third-order valence-electron chi connectivity index (χ3n) is 8.68. The van der Waals surface area contributed by atoms with Crippen molar-refractivity contribution in [2.24, 2.45) is 22.2 Å². The molecule has 0 heterocycles. The van der Waals surface area contributed by atoms with Crippen LogP contribution in [0.25, 0.3) is 22.3 Å². The van der Waals surface area contributed by atoms with E-state index in [2.05, 4.69) is 115 Å². The zero-order valence-corrected chi connectivity index (χ0v) is 31.5. The lowest BCUT2D eigenvalue weighted by Crippen LogP contribution is -2.36. The Balaban J connectivity index is 1.48. The van der Waals surface area contributed by atoms with Crippen LogP contribution in [0.15, 0.2) is 157 Å². The number of nitrogens with zero attached hydrogens (tertiary/aromatic N) is 1. The molecule has 2 atom stereocenters. The minimum Gasteiger partial charge on any atom is -0.351 e. The van der Waals surface area contributed by atoms with E-state index < -0.39 is 20.4 Å². The van der Waals surface area contributed by atoms with Crippen LogP contribution in [-0.4, -0.2) is 13.9 Å². The van der Waals surface area contributed by atoms with Crippen LogP contribution in [0, 0.1) is 23.3 Å². The molecule has 0 aromatic heterocycles. The second-order valence-corrected chi connectivity index (χ2v) is 18.6. The maximum absolute atomic E-state index is 6.86. The molecular weight excluding hydrogens is 663 g/mol. The summed E-state index contributed by atoms with van der Waals surface area (Å²) in [5.74, 6) is 10.6. The van der Waals surface area contributed by atoms with Gasteiger partial charge in [-0.2, -0.15) is 0 Å². The lowest BCUT2D eigenvalue weighted by molar-refractivity contribution is 0.669. The highest BCUT2D eigenvalue weighted by atomic mass is 28.3. The number of benzene rings is 6. The van der Waals surface area contributed by atoms with Crippen molar-refractivity contribution in [1.29, 1.82) is 0 Å². The maximum Gasteiger partial charge on any atom is 0.133 e. The Bertz CT molecular complexity index is 2290. The monoisotopic (exact) mass is 707 g/mol. The van der Waals surface area contributed by atoms with E-state index in [0.29, 0.717) is 12.4 Å². The van der Waals surface area contributed by atoms with E-state index in [1.165, 1.54) is 0 Å². The largest absolute Gasteiger partial charge is 0.351 e. The third-order valence-corrected chi connectivity index (χ3v) is 9.55. The molecule has 0 bridgehead atoms. The molecule has 0 aliphatic heterocycles. The topological polar surface area (TPSA) is 102 Å². The van der Waals surface area contributed by atoms with Crippen molar-refractivity contribution in [3.05, 3.63) is 191 Å². The molecule has 0 aliphatic rings. The molecule has 53 heavy (non-hydrogen) atoms. The first-order valence-corrected chi connectivity index (χ1v) is 21.3. The zero-order chi connectivity index (χ0) is 37.2. The molecule has 6 aromatic rings. The summed E-state index contributed by atoms with van der Waals surface area (Å²) in [7, 11) is -1.53. The molecule has 6 heteroatoms. The van der Waals surface area contributed by atoms with Gasteiger partial charge in [-0.1, -0.05) is 153 Å². The van der Waals surface area contributed by atoms with Crippen molar-refractivity contribution in [2.45, 2.75) is 38.5 Å². The quantitative estimate of drug-likeness (QED) is 0.0418. The summed E-state index contributed by atoms with van der Waals surface area (Å²) in [6.07, 6.45) is -1.19. The van der Waals surface area contributed by atoms with Gasteiger partial charge in [0.05, 0.1) is 0 Å². The second kappa shape index (κ2) is 17.0. The van der Waals surface area contributed by atoms with Gasteiger partial charge in [-0.3, -0.25) is 0 Å². The van der Waals surface area contributed by atoms with Gasteiger partial charge in [-0.05, 0) is 75.3 Å². The molecule has 0 unspecified atom stereocenters. The second-order valence-electron chi connectivity index (χ2n) is 13.9. The average Bonchev–Trinajstić information content (AvgIpc) is 3.19. The molecule has 0 fully saturated rings. The molecule has 6 rings (SSSR count). The normalized spacial score (nSPS) is 12.5. The lowest BCUT2D eigenvalue weighted by Gasteiger charge is -2.24. The lowest BCUT2D eigenvalue weighted by atomic mass is 9.90. The fourth-order valence-electron chi connectivity index (χ4n) is 5.81. The first-order chi connectivity index (χ1) is 25.7. The highest BCUT2D eigenvalue weighted by molar-refractivity contribution is 6.83. The Morgan fingerprint density at radius 2 is 1.06 bits per heavy atom. The maximum atomic E-state index is 6.86. The van der Waals surface area contributed by atoms with Crippen LogP contribution in [0.5, 0.6) is 0 Å².